The van der Waals surface area contributed by atoms with Gasteiger partial charge in [0.2, 0.25) is 5.91 Å². The van der Waals surface area contributed by atoms with Crippen LogP contribution in [-0.4, -0.2) is 73.7 Å². The van der Waals surface area contributed by atoms with Crippen LogP contribution in [0.1, 0.15) is 41.5 Å². The van der Waals surface area contributed by atoms with Crippen LogP contribution in [0.4, 0.5) is 0 Å². The first-order chi connectivity index (χ1) is 10.7. The Morgan fingerprint density at radius 2 is 1.61 bits per heavy atom. The highest BCUT2D eigenvalue weighted by Gasteiger charge is 2.24. The van der Waals surface area contributed by atoms with Gasteiger partial charge in [0.25, 0.3) is 0 Å². The van der Waals surface area contributed by atoms with Crippen molar-refractivity contribution >= 4 is 11.9 Å². The summed E-state index contributed by atoms with van der Waals surface area (Å²) in [5.74, 6) is -0.465. The molecule has 0 aliphatic rings. The van der Waals surface area contributed by atoms with Crippen molar-refractivity contribution in [1.82, 2.24) is 9.80 Å². The van der Waals surface area contributed by atoms with Crippen LogP contribution in [0.5, 0.6) is 0 Å². The lowest BCUT2D eigenvalue weighted by Gasteiger charge is -2.33. The molecule has 6 heteroatoms. The standard InChI is InChI=1S/C17H34N2O4/c1-8-23-10-9-18(11-15(6)17(21)22-7)12-16(20)19(13(2)3)14(4)5/h13-15H,8-12H2,1-7H3/t15-/m0/s1. The Morgan fingerprint density at radius 1 is 1.04 bits per heavy atom. The molecule has 136 valence electrons. The summed E-state index contributed by atoms with van der Waals surface area (Å²) in [6, 6.07) is 0.295. The second-order valence-corrected chi connectivity index (χ2v) is 6.34. The minimum atomic E-state index is -0.277. The molecule has 0 aromatic heterocycles. The highest BCUT2D eigenvalue weighted by Crippen LogP contribution is 2.09. The maximum absolute atomic E-state index is 12.6. The zero-order chi connectivity index (χ0) is 18.0. The maximum atomic E-state index is 12.6. The summed E-state index contributed by atoms with van der Waals surface area (Å²) in [4.78, 5) is 28.1. The quantitative estimate of drug-likeness (QED) is 0.427. The van der Waals surface area contributed by atoms with Crippen LogP contribution in [0.25, 0.3) is 0 Å². The van der Waals surface area contributed by atoms with Gasteiger partial charge < -0.3 is 14.4 Å². The van der Waals surface area contributed by atoms with Crippen molar-refractivity contribution in [2.24, 2.45) is 5.92 Å². The molecule has 0 N–H and O–H groups in total. The summed E-state index contributed by atoms with van der Waals surface area (Å²) in [5.41, 5.74) is 0. The fourth-order valence-electron chi connectivity index (χ4n) is 2.68. The lowest BCUT2D eigenvalue weighted by atomic mass is 10.1. The van der Waals surface area contributed by atoms with Crippen molar-refractivity contribution in [2.75, 3.05) is 40.0 Å². The monoisotopic (exact) mass is 330 g/mol. The summed E-state index contributed by atoms with van der Waals surface area (Å²) >= 11 is 0. The molecule has 0 radical (unpaired) electrons. The Hall–Kier alpha value is -1.14. The van der Waals surface area contributed by atoms with Crippen LogP contribution in [0.15, 0.2) is 0 Å². The van der Waals surface area contributed by atoms with E-state index in [1.165, 1.54) is 7.11 Å². The predicted octanol–water partition coefficient (Wildman–Crippen LogP) is 1.78. The molecule has 6 nitrogen and oxygen atoms in total. The molecular weight excluding hydrogens is 296 g/mol. The van der Waals surface area contributed by atoms with E-state index in [1.54, 1.807) is 0 Å². The lowest BCUT2D eigenvalue weighted by Crippen LogP contribution is -2.48. The van der Waals surface area contributed by atoms with Gasteiger partial charge in [-0.3, -0.25) is 14.5 Å². The van der Waals surface area contributed by atoms with Crippen LogP contribution in [0.3, 0.4) is 0 Å². The van der Waals surface area contributed by atoms with Gasteiger partial charge in [0, 0.05) is 31.8 Å². The molecule has 0 aromatic carbocycles. The molecule has 0 fully saturated rings. The number of esters is 1. The molecule has 0 rings (SSSR count). The van der Waals surface area contributed by atoms with Gasteiger partial charge in [-0.05, 0) is 34.6 Å². The van der Waals surface area contributed by atoms with Gasteiger partial charge in [0.05, 0.1) is 26.2 Å². The van der Waals surface area contributed by atoms with Crippen molar-refractivity contribution in [1.29, 1.82) is 0 Å². The molecule has 0 aromatic rings. The van der Waals surface area contributed by atoms with E-state index in [4.69, 9.17) is 9.47 Å². The van der Waals surface area contributed by atoms with E-state index >= 15 is 0 Å². The van der Waals surface area contributed by atoms with E-state index in [0.29, 0.717) is 26.3 Å². The third-order valence-electron chi connectivity index (χ3n) is 3.65. The van der Waals surface area contributed by atoms with E-state index < -0.39 is 0 Å². The Morgan fingerprint density at radius 3 is 2.04 bits per heavy atom. The first-order valence-electron chi connectivity index (χ1n) is 8.43. The number of amides is 1. The zero-order valence-corrected chi connectivity index (χ0v) is 15.8. The summed E-state index contributed by atoms with van der Waals surface area (Å²) in [6.45, 7) is 14.4. The van der Waals surface area contributed by atoms with E-state index in [0.717, 1.165) is 0 Å². The fraction of sp³-hybridized carbons (Fsp3) is 0.882. The van der Waals surface area contributed by atoms with Crippen molar-refractivity contribution in [2.45, 2.75) is 53.6 Å². The van der Waals surface area contributed by atoms with Gasteiger partial charge in [-0.2, -0.15) is 0 Å². The minimum Gasteiger partial charge on any atom is -0.469 e. The number of hydrogen-bond acceptors (Lipinski definition) is 5. The Labute approximate surface area is 141 Å². The molecule has 0 unspecified atom stereocenters. The van der Waals surface area contributed by atoms with E-state index in [9.17, 15) is 9.59 Å². The molecule has 1 atom stereocenters. The molecule has 1 amide bonds. The van der Waals surface area contributed by atoms with Crippen LogP contribution in [0.2, 0.25) is 0 Å². The highest BCUT2D eigenvalue weighted by atomic mass is 16.5. The molecular formula is C17H34N2O4. The van der Waals surface area contributed by atoms with Crippen molar-refractivity contribution in [3.8, 4) is 0 Å². The number of methoxy groups -OCH3 is 1. The third-order valence-corrected chi connectivity index (χ3v) is 3.65. The Balaban J connectivity index is 4.84. The van der Waals surface area contributed by atoms with Gasteiger partial charge in [0.15, 0.2) is 0 Å². The van der Waals surface area contributed by atoms with Gasteiger partial charge in [-0.25, -0.2) is 0 Å². The number of hydrogen-bond donors (Lipinski definition) is 0. The zero-order valence-electron chi connectivity index (χ0n) is 15.8. The molecule has 0 saturated heterocycles. The van der Waals surface area contributed by atoms with Gasteiger partial charge >= 0.3 is 5.97 Å². The van der Waals surface area contributed by atoms with E-state index in [-0.39, 0.29) is 36.4 Å². The minimum absolute atomic E-state index is 0.0727. The average molecular weight is 330 g/mol. The topological polar surface area (TPSA) is 59.1 Å². The Bertz CT molecular complexity index is 351. The second kappa shape index (κ2) is 11.4. The van der Waals surface area contributed by atoms with E-state index in [2.05, 4.69) is 0 Å². The lowest BCUT2D eigenvalue weighted by molar-refractivity contribution is -0.146. The largest absolute Gasteiger partial charge is 0.469 e. The summed E-state index contributed by atoms with van der Waals surface area (Å²) in [6.07, 6.45) is 0. The van der Waals surface area contributed by atoms with Crippen LogP contribution >= 0.6 is 0 Å². The average Bonchev–Trinajstić information content (AvgIpc) is 2.45. The summed E-state index contributed by atoms with van der Waals surface area (Å²) in [5, 5.41) is 0. The summed E-state index contributed by atoms with van der Waals surface area (Å²) in [7, 11) is 1.38. The molecule has 23 heavy (non-hydrogen) atoms. The smallest absolute Gasteiger partial charge is 0.309 e. The summed E-state index contributed by atoms with van der Waals surface area (Å²) < 4.78 is 10.2. The third kappa shape index (κ3) is 8.32. The maximum Gasteiger partial charge on any atom is 0.309 e. The molecule has 0 aliphatic heterocycles. The second-order valence-electron chi connectivity index (χ2n) is 6.34. The fourth-order valence-corrected chi connectivity index (χ4v) is 2.68. The van der Waals surface area contributed by atoms with Crippen molar-refractivity contribution in [3.05, 3.63) is 0 Å². The van der Waals surface area contributed by atoms with Gasteiger partial charge in [-0.15, -0.1) is 0 Å². The van der Waals surface area contributed by atoms with Gasteiger partial charge in [0.1, 0.15) is 0 Å². The van der Waals surface area contributed by atoms with E-state index in [1.807, 2.05) is 51.3 Å². The molecule has 0 heterocycles. The molecule has 0 aliphatic carbocycles. The highest BCUT2D eigenvalue weighted by molar-refractivity contribution is 5.79. The normalized spacial score (nSPS) is 12.8. The molecule has 0 bridgehead atoms. The number of carbonyl (C=O) groups is 2. The van der Waals surface area contributed by atoms with Crippen molar-refractivity contribution < 1.29 is 19.1 Å². The first-order valence-corrected chi connectivity index (χ1v) is 8.43. The molecule has 0 saturated carbocycles. The number of rotatable bonds is 11. The SMILES string of the molecule is CCOCCN(CC(=O)N(C(C)C)C(C)C)C[C@H](C)C(=O)OC. The Kier molecular flexibility index (Phi) is 10.8. The first kappa shape index (κ1) is 21.9. The number of carbonyl (C=O) groups excluding carboxylic acids is 2. The van der Waals surface area contributed by atoms with Crippen LogP contribution in [-0.2, 0) is 19.1 Å². The van der Waals surface area contributed by atoms with Crippen molar-refractivity contribution in [3.63, 3.8) is 0 Å². The van der Waals surface area contributed by atoms with Crippen LogP contribution < -0.4 is 0 Å². The molecule has 0 spiro atoms. The van der Waals surface area contributed by atoms with Crippen LogP contribution in [0, 0.1) is 5.92 Å². The number of nitrogens with zero attached hydrogens (tertiary/aromatic N) is 2. The van der Waals surface area contributed by atoms with Gasteiger partial charge in [-0.1, -0.05) is 6.92 Å². The predicted molar refractivity (Wildman–Crippen MR) is 91.2 cm³/mol. The number of ether oxygens (including phenoxy) is 2.